The van der Waals surface area contributed by atoms with Crippen LogP contribution in [0.5, 0.6) is 0 Å². The van der Waals surface area contributed by atoms with Crippen LogP contribution < -0.4 is 0 Å². The lowest BCUT2D eigenvalue weighted by Gasteiger charge is -2.35. The minimum Gasteiger partial charge on any atom is -0.297 e. The largest absolute Gasteiger partial charge is 0.297 e. The predicted molar refractivity (Wildman–Crippen MR) is 78.3 cm³/mol. The number of carbonyl (C=O) groups excluding carboxylic acids is 1. The molecule has 1 aromatic rings. The first-order valence-corrected chi connectivity index (χ1v) is 7.15. The van der Waals surface area contributed by atoms with Gasteiger partial charge in [0, 0.05) is 12.2 Å². The molecule has 0 bridgehead atoms. The van der Waals surface area contributed by atoms with Gasteiger partial charge in [-0.25, -0.2) is 0 Å². The second kappa shape index (κ2) is 6.33. The fraction of sp³-hybridized carbons (Fsp3) is 0.733. The summed E-state index contributed by atoms with van der Waals surface area (Å²) in [6.45, 7) is 14.1. The van der Waals surface area contributed by atoms with Crippen molar-refractivity contribution >= 4 is 5.78 Å². The number of carbonyl (C=O) groups is 1. The molecule has 0 radical (unpaired) electrons. The Morgan fingerprint density at radius 1 is 1.37 bits per heavy atom. The van der Waals surface area contributed by atoms with Crippen molar-refractivity contribution in [2.24, 2.45) is 0 Å². The zero-order valence-electron chi connectivity index (χ0n) is 13.1. The van der Waals surface area contributed by atoms with Crippen LogP contribution in [0.1, 0.15) is 53.3 Å². The molecule has 0 aliphatic carbocycles. The van der Waals surface area contributed by atoms with E-state index < -0.39 is 5.54 Å². The summed E-state index contributed by atoms with van der Waals surface area (Å²) in [5.74, 6) is 0.227. The van der Waals surface area contributed by atoms with Crippen molar-refractivity contribution in [3.63, 3.8) is 0 Å². The zero-order chi connectivity index (χ0) is 14.6. The van der Waals surface area contributed by atoms with Gasteiger partial charge in [-0.15, -0.1) is 0 Å². The second-order valence-corrected chi connectivity index (χ2v) is 5.71. The van der Waals surface area contributed by atoms with E-state index >= 15 is 0 Å². The standard InChI is InChI=1S/C15H27N3O/c1-7-17(8-2)15(5,6)14(19)11-13-9-10-18(16-13)12(3)4/h9-10,12H,7-8,11H2,1-6H3. The third-order valence-electron chi connectivity index (χ3n) is 3.77. The maximum absolute atomic E-state index is 12.5. The lowest BCUT2D eigenvalue weighted by molar-refractivity contribution is -0.128. The molecule has 0 N–H and O–H groups in total. The first-order chi connectivity index (χ1) is 8.82. The zero-order valence-corrected chi connectivity index (χ0v) is 13.1. The van der Waals surface area contributed by atoms with Gasteiger partial charge < -0.3 is 0 Å². The summed E-state index contributed by atoms with van der Waals surface area (Å²) >= 11 is 0. The average Bonchev–Trinajstić information content (AvgIpc) is 2.78. The molecule has 1 aromatic heterocycles. The fourth-order valence-corrected chi connectivity index (χ4v) is 2.33. The van der Waals surface area contributed by atoms with Crippen LogP contribution in [0.2, 0.25) is 0 Å². The van der Waals surface area contributed by atoms with Gasteiger partial charge in [-0.3, -0.25) is 14.4 Å². The van der Waals surface area contributed by atoms with E-state index in [9.17, 15) is 4.79 Å². The highest BCUT2D eigenvalue weighted by Gasteiger charge is 2.32. The maximum Gasteiger partial charge on any atom is 0.158 e. The summed E-state index contributed by atoms with van der Waals surface area (Å²) in [6.07, 6.45) is 2.35. The Kier molecular flexibility index (Phi) is 5.29. The van der Waals surface area contributed by atoms with E-state index in [0.29, 0.717) is 12.5 Å². The van der Waals surface area contributed by atoms with Gasteiger partial charge in [-0.1, -0.05) is 13.8 Å². The normalized spacial score (nSPS) is 12.4. The monoisotopic (exact) mass is 265 g/mol. The van der Waals surface area contributed by atoms with Crippen LogP contribution in [-0.4, -0.2) is 39.1 Å². The number of ketones is 1. The molecule has 1 heterocycles. The van der Waals surface area contributed by atoms with Crippen molar-refractivity contribution in [1.82, 2.24) is 14.7 Å². The van der Waals surface area contributed by atoms with Crippen LogP contribution >= 0.6 is 0 Å². The molecule has 0 unspecified atom stereocenters. The van der Waals surface area contributed by atoms with Crippen LogP contribution in [0.15, 0.2) is 12.3 Å². The molecule has 0 aromatic carbocycles. The SMILES string of the molecule is CCN(CC)C(C)(C)C(=O)Cc1ccn(C(C)C)n1. The second-order valence-electron chi connectivity index (χ2n) is 5.71. The lowest BCUT2D eigenvalue weighted by atomic mass is 9.93. The van der Waals surface area contributed by atoms with Crippen molar-refractivity contribution in [1.29, 1.82) is 0 Å². The van der Waals surface area contributed by atoms with Crippen molar-refractivity contribution < 1.29 is 4.79 Å². The summed E-state index contributed by atoms with van der Waals surface area (Å²) in [4.78, 5) is 14.7. The number of rotatable bonds is 7. The van der Waals surface area contributed by atoms with Crippen molar-refractivity contribution in [3.05, 3.63) is 18.0 Å². The summed E-state index contributed by atoms with van der Waals surface area (Å²) in [6, 6.07) is 2.27. The molecule has 108 valence electrons. The van der Waals surface area contributed by atoms with Crippen LogP contribution in [0, 0.1) is 0 Å². The molecule has 0 aliphatic rings. The summed E-state index contributed by atoms with van der Waals surface area (Å²) in [7, 11) is 0. The molecule has 0 saturated heterocycles. The number of likely N-dealkylation sites (N-methyl/N-ethyl adjacent to an activating group) is 1. The highest BCUT2D eigenvalue weighted by Crippen LogP contribution is 2.17. The summed E-state index contributed by atoms with van der Waals surface area (Å²) in [5, 5.41) is 4.45. The average molecular weight is 265 g/mol. The Hall–Kier alpha value is -1.16. The van der Waals surface area contributed by atoms with Gasteiger partial charge in [0.05, 0.1) is 17.7 Å². The van der Waals surface area contributed by atoms with Gasteiger partial charge in [0.25, 0.3) is 0 Å². The number of nitrogens with zero attached hydrogens (tertiary/aromatic N) is 3. The van der Waals surface area contributed by atoms with Gasteiger partial charge in [-0.2, -0.15) is 5.10 Å². The van der Waals surface area contributed by atoms with E-state index in [2.05, 4.69) is 37.7 Å². The number of hydrogen-bond acceptors (Lipinski definition) is 3. The Morgan fingerprint density at radius 3 is 2.37 bits per heavy atom. The van der Waals surface area contributed by atoms with E-state index in [1.807, 2.05) is 30.8 Å². The molecule has 1 rings (SSSR count). The highest BCUT2D eigenvalue weighted by atomic mass is 16.1. The summed E-state index contributed by atoms with van der Waals surface area (Å²) in [5.41, 5.74) is 0.435. The van der Waals surface area contributed by atoms with Gasteiger partial charge in [0.2, 0.25) is 0 Å². The van der Waals surface area contributed by atoms with Crippen molar-refractivity contribution in [2.45, 2.75) is 59.5 Å². The third kappa shape index (κ3) is 3.66. The van der Waals surface area contributed by atoms with Crippen LogP contribution in [0.3, 0.4) is 0 Å². The lowest BCUT2D eigenvalue weighted by Crippen LogP contribution is -2.50. The molecule has 0 fully saturated rings. The first-order valence-electron chi connectivity index (χ1n) is 7.15. The minimum absolute atomic E-state index is 0.227. The van der Waals surface area contributed by atoms with Gasteiger partial charge in [0.1, 0.15) is 0 Å². The minimum atomic E-state index is -0.425. The topological polar surface area (TPSA) is 38.1 Å². The molecule has 19 heavy (non-hydrogen) atoms. The third-order valence-corrected chi connectivity index (χ3v) is 3.77. The molecule has 0 amide bonds. The molecule has 0 saturated carbocycles. The van der Waals surface area contributed by atoms with Gasteiger partial charge >= 0.3 is 0 Å². The van der Waals surface area contributed by atoms with Crippen LogP contribution in [0.25, 0.3) is 0 Å². The molecule has 0 atom stereocenters. The van der Waals surface area contributed by atoms with E-state index in [-0.39, 0.29) is 5.78 Å². The Balaban J connectivity index is 2.77. The van der Waals surface area contributed by atoms with Crippen molar-refractivity contribution in [2.75, 3.05) is 13.1 Å². The van der Waals surface area contributed by atoms with Crippen LogP contribution in [-0.2, 0) is 11.2 Å². The quantitative estimate of drug-likeness (QED) is 0.761. The Labute approximate surface area is 116 Å². The van der Waals surface area contributed by atoms with E-state index in [0.717, 1.165) is 18.8 Å². The molecular formula is C15H27N3O. The Bertz CT molecular complexity index is 417. The molecule has 0 aliphatic heterocycles. The van der Waals surface area contributed by atoms with Gasteiger partial charge in [0.15, 0.2) is 5.78 Å². The first kappa shape index (κ1) is 15.9. The molecular weight excluding hydrogens is 238 g/mol. The van der Waals surface area contributed by atoms with E-state index in [1.54, 1.807) is 0 Å². The Morgan fingerprint density at radius 2 is 1.95 bits per heavy atom. The number of aromatic nitrogens is 2. The molecule has 0 spiro atoms. The maximum atomic E-state index is 12.5. The van der Waals surface area contributed by atoms with E-state index in [4.69, 9.17) is 0 Å². The van der Waals surface area contributed by atoms with E-state index in [1.165, 1.54) is 0 Å². The predicted octanol–water partition coefficient (Wildman–Crippen LogP) is 2.70. The molecule has 4 heteroatoms. The van der Waals surface area contributed by atoms with Gasteiger partial charge in [-0.05, 0) is 46.9 Å². The highest BCUT2D eigenvalue weighted by molar-refractivity contribution is 5.89. The smallest absolute Gasteiger partial charge is 0.158 e. The molecule has 4 nitrogen and oxygen atoms in total. The van der Waals surface area contributed by atoms with Crippen LogP contribution in [0.4, 0.5) is 0 Å². The number of hydrogen-bond donors (Lipinski definition) is 0. The fourth-order valence-electron chi connectivity index (χ4n) is 2.33. The summed E-state index contributed by atoms with van der Waals surface area (Å²) < 4.78 is 1.90. The van der Waals surface area contributed by atoms with Crippen molar-refractivity contribution in [3.8, 4) is 0 Å². The number of Topliss-reactive ketones (excluding diaryl/α,β-unsaturated/α-hetero) is 1.